The summed E-state index contributed by atoms with van der Waals surface area (Å²) in [5.74, 6) is 1.01. The van der Waals surface area contributed by atoms with Crippen molar-refractivity contribution >= 4 is 16.9 Å². The monoisotopic (exact) mass is 327 g/mol. The second-order valence-corrected chi connectivity index (χ2v) is 7.45. The number of hydrogen-bond acceptors (Lipinski definition) is 5. The molecule has 0 bridgehead atoms. The van der Waals surface area contributed by atoms with E-state index in [4.69, 9.17) is 4.98 Å². The molecule has 120 valence electrons. The molecule has 0 unspecified atom stereocenters. The van der Waals surface area contributed by atoms with Gasteiger partial charge in [0.15, 0.2) is 0 Å². The summed E-state index contributed by atoms with van der Waals surface area (Å²) < 4.78 is 2.04. The SMILES string of the molecule is Cc1nc([C@@]2(C)CCCN(Cc3cscn3)C2)cc2cncn12. The van der Waals surface area contributed by atoms with Crippen LogP contribution in [0.3, 0.4) is 0 Å². The van der Waals surface area contributed by atoms with E-state index in [-0.39, 0.29) is 5.41 Å². The van der Waals surface area contributed by atoms with Gasteiger partial charge in [0, 0.05) is 23.9 Å². The Balaban J connectivity index is 1.62. The number of piperidine rings is 1. The van der Waals surface area contributed by atoms with Crippen LogP contribution in [0, 0.1) is 6.92 Å². The van der Waals surface area contributed by atoms with Crippen LogP contribution in [-0.2, 0) is 12.0 Å². The number of thiazole rings is 1. The molecule has 0 N–H and O–H groups in total. The Labute approximate surface area is 140 Å². The van der Waals surface area contributed by atoms with Crippen molar-refractivity contribution in [1.29, 1.82) is 0 Å². The van der Waals surface area contributed by atoms with E-state index in [0.29, 0.717) is 0 Å². The third-order valence-electron chi connectivity index (χ3n) is 4.85. The molecule has 0 amide bonds. The largest absolute Gasteiger partial charge is 0.297 e. The van der Waals surface area contributed by atoms with E-state index in [2.05, 4.69) is 40.2 Å². The molecule has 1 fully saturated rings. The standard InChI is InChI=1S/C17H21N5S/c1-13-20-16(6-15-7-18-11-22(13)15)17(2)4-3-5-21(10-17)8-14-9-23-12-19-14/h6-7,9,11-12H,3-5,8,10H2,1-2H3/t17-/m0/s1. The van der Waals surface area contributed by atoms with Crippen LogP contribution in [-0.4, -0.2) is 37.3 Å². The molecule has 0 spiro atoms. The lowest BCUT2D eigenvalue weighted by Gasteiger charge is -2.40. The molecule has 0 aliphatic carbocycles. The Morgan fingerprint density at radius 1 is 1.39 bits per heavy atom. The highest BCUT2D eigenvalue weighted by Crippen LogP contribution is 2.34. The quantitative estimate of drug-likeness (QED) is 0.742. The summed E-state index contributed by atoms with van der Waals surface area (Å²) in [5, 5.41) is 2.15. The summed E-state index contributed by atoms with van der Waals surface area (Å²) in [6, 6.07) is 2.20. The minimum absolute atomic E-state index is 0.0883. The number of hydrogen-bond donors (Lipinski definition) is 0. The molecular weight excluding hydrogens is 306 g/mol. The first kappa shape index (κ1) is 14.8. The molecule has 0 saturated carbocycles. The lowest BCUT2D eigenvalue weighted by molar-refractivity contribution is 0.146. The van der Waals surface area contributed by atoms with E-state index in [1.807, 2.05) is 22.4 Å². The average molecular weight is 327 g/mol. The van der Waals surface area contributed by atoms with Gasteiger partial charge in [-0.05, 0) is 32.4 Å². The van der Waals surface area contributed by atoms with Gasteiger partial charge in [0.1, 0.15) is 12.2 Å². The van der Waals surface area contributed by atoms with Gasteiger partial charge in [-0.25, -0.2) is 15.0 Å². The van der Waals surface area contributed by atoms with E-state index >= 15 is 0 Å². The maximum Gasteiger partial charge on any atom is 0.111 e. The number of rotatable bonds is 3. The van der Waals surface area contributed by atoms with Gasteiger partial charge >= 0.3 is 0 Å². The molecule has 4 rings (SSSR count). The smallest absolute Gasteiger partial charge is 0.111 e. The number of imidazole rings is 1. The number of aromatic nitrogens is 4. The van der Waals surface area contributed by atoms with E-state index in [1.54, 1.807) is 11.3 Å². The van der Waals surface area contributed by atoms with Crippen molar-refractivity contribution in [2.75, 3.05) is 13.1 Å². The average Bonchev–Trinajstić information content (AvgIpc) is 3.18. The van der Waals surface area contributed by atoms with Crippen molar-refractivity contribution in [3.05, 3.63) is 46.7 Å². The fraction of sp³-hybridized carbons (Fsp3) is 0.471. The minimum atomic E-state index is 0.0883. The maximum absolute atomic E-state index is 4.88. The highest BCUT2D eigenvalue weighted by molar-refractivity contribution is 7.07. The van der Waals surface area contributed by atoms with Gasteiger partial charge in [0.05, 0.1) is 28.6 Å². The van der Waals surface area contributed by atoms with Gasteiger partial charge in [-0.3, -0.25) is 9.30 Å². The van der Waals surface area contributed by atoms with Crippen molar-refractivity contribution < 1.29 is 0 Å². The zero-order valence-corrected chi connectivity index (χ0v) is 14.4. The van der Waals surface area contributed by atoms with E-state index in [0.717, 1.165) is 31.0 Å². The molecule has 3 aromatic heterocycles. The fourth-order valence-corrected chi connectivity index (χ4v) is 4.17. The summed E-state index contributed by atoms with van der Waals surface area (Å²) >= 11 is 1.67. The van der Waals surface area contributed by atoms with Crippen LogP contribution in [0.4, 0.5) is 0 Å². The number of nitrogens with zero attached hydrogens (tertiary/aromatic N) is 5. The number of likely N-dealkylation sites (tertiary alicyclic amines) is 1. The van der Waals surface area contributed by atoms with Crippen LogP contribution in [0.2, 0.25) is 0 Å². The second-order valence-electron chi connectivity index (χ2n) is 6.73. The predicted octanol–water partition coefficient (Wildman–Crippen LogP) is 3.05. The van der Waals surface area contributed by atoms with Crippen LogP contribution in [0.15, 0.2) is 29.5 Å². The summed E-state index contributed by atoms with van der Waals surface area (Å²) in [6.45, 7) is 7.50. The lowest BCUT2D eigenvalue weighted by Crippen LogP contribution is -2.44. The van der Waals surface area contributed by atoms with Crippen molar-refractivity contribution in [3.8, 4) is 0 Å². The zero-order chi connectivity index (χ0) is 15.9. The summed E-state index contributed by atoms with van der Waals surface area (Å²) in [6.07, 6.45) is 6.12. The van der Waals surface area contributed by atoms with E-state index in [9.17, 15) is 0 Å². The van der Waals surface area contributed by atoms with Crippen LogP contribution in [0.5, 0.6) is 0 Å². The summed E-state index contributed by atoms with van der Waals surface area (Å²) in [5.41, 5.74) is 5.49. The molecule has 5 nitrogen and oxygen atoms in total. The number of fused-ring (bicyclic) bond motifs is 1. The first-order valence-corrected chi connectivity index (χ1v) is 8.98. The summed E-state index contributed by atoms with van der Waals surface area (Å²) in [7, 11) is 0. The first-order chi connectivity index (χ1) is 11.1. The minimum Gasteiger partial charge on any atom is -0.297 e. The van der Waals surface area contributed by atoms with Gasteiger partial charge in [-0.1, -0.05) is 6.92 Å². The molecule has 1 saturated heterocycles. The lowest BCUT2D eigenvalue weighted by atomic mass is 9.78. The van der Waals surface area contributed by atoms with Crippen molar-refractivity contribution in [2.24, 2.45) is 0 Å². The van der Waals surface area contributed by atoms with Gasteiger partial charge in [0.25, 0.3) is 0 Å². The molecule has 6 heteroatoms. The molecule has 1 aliphatic heterocycles. The zero-order valence-electron chi connectivity index (χ0n) is 13.6. The maximum atomic E-state index is 4.88. The van der Waals surface area contributed by atoms with E-state index in [1.165, 1.54) is 24.2 Å². The van der Waals surface area contributed by atoms with Crippen LogP contribution in [0.1, 0.15) is 37.0 Å². The van der Waals surface area contributed by atoms with E-state index < -0.39 is 0 Å². The molecule has 23 heavy (non-hydrogen) atoms. The summed E-state index contributed by atoms with van der Waals surface area (Å²) in [4.78, 5) is 16.1. The van der Waals surface area contributed by atoms with Gasteiger partial charge < -0.3 is 0 Å². The van der Waals surface area contributed by atoms with Crippen LogP contribution >= 0.6 is 11.3 Å². The Hall–Kier alpha value is -1.79. The fourth-order valence-electron chi connectivity index (χ4n) is 3.63. The molecule has 1 aliphatic rings. The third-order valence-corrected chi connectivity index (χ3v) is 5.48. The molecule has 1 atom stereocenters. The molecular formula is C17H21N5S. The van der Waals surface area contributed by atoms with Gasteiger partial charge in [0.2, 0.25) is 0 Å². The predicted molar refractivity (Wildman–Crippen MR) is 91.7 cm³/mol. The number of aryl methyl sites for hydroxylation is 1. The molecule has 3 aromatic rings. The van der Waals surface area contributed by atoms with Gasteiger partial charge in [-0.15, -0.1) is 11.3 Å². The molecule has 0 aromatic carbocycles. The normalized spacial score (nSPS) is 22.7. The van der Waals surface area contributed by atoms with Crippen molar-refractivity contribution in [3.63, 3.8) is 0 Å². The van der Waals surface area contributed by atoms with Crippen molar-refractivity contribution in [1.82, 2.24) is 24.3 Å². The Bertz CT molecular complexity index is 810. The molecule has 4 heterocycles. The highest BCUT2D eigenvalue weighted by atomic mass is 32.1. The Morgan fingerprint density at radius 2 is 2.30 bits per heavy atom. The van der Waals surface area contributed by atoms with Crippen LogP contribution in [0.25, 0.3) is 5.52 Å². The molecule has 0 radical (unpaired) electrons. The topological polar surface area (TPSA) is 46.3 Å². The van der Waals surface area contributed by atoms with Crippen molar-refractivity contribution in [2.45, 2.75) is 38.6 Å². The second kappa shape index (κ2) is 5.69. The van der Waals surface area contributed by atoms with Crippen LogP contribution < -0.4 is 0 Å². The Kier molecular flexibility index (Phi) is 3.66. The third kappa shape index (κ3) is 2.77. The first-order valence-electron chi connectivity index (χ1n) is 8.04. The Morgan fingerprint density at radius 3 is 3.13 bits per heavy atom. The van der Waals surface area contributed by atoms with Gasteiger partial charge in [-0.2, -0.15) is 0 Å². The highest BCUT2D eigenvalue weighted by Gasteiger charge is 2.34.